The van der Waals surface area contributed by atoms with Crippen LogP contribution in [0.3, 0.4) is 0 Å². The number of benzene rings is 1. The highest BCUT2D eigenvalue weighted by molar-refractivity contribution is 5.32. The van der Waals surface area contributed by atoms with E-state index in [4.69, 9.17) is 10.5 Å². The molecule has 2 unspecified atom stereocenters. The molecular weight excluding hydrogens is 224 g/mol. The molecule has 2 N–H and O–H groups in total. The van der Waals surface area contributed by atoms with E-state index in [0.29, 0.717) is 6.04 Å². The lowest BCUT2D eigenvalue weighted by atomic mass is 9.90. The van der Waals surface area contributed by atoms with Crippen LogP contribution < -0.4 is 10.5 Å². The average molecular weight is 246 g/mol. The number of likely N-dealkylation sites (tertiary alicyclic amines) is 1. The number of ether oxygens (including phenoxy) is 1. The molecule has 0 radical (unpaired) electrons. The quantitative estimate of drug-likeness (QED) is 0.889. The second-order valence-corrected chi connectivity index (χ2v) is 5.50. The van der Waals surface area contributed by atoms with Crippen molar-refractivity contribution in [2.45, 2.75) is 43.8 Å². The number of methoxy groups -OCH3 is 1. The molecule has 1 saturated heterocycles. The predicted molar refractivity (Wildman–Crippen MR) is 72.7 cm³/mol. The number of nitrogens with two attached hydrogens (primary N) is 1. The lowest BCUT2D eigenvalue weighted by molar-refractivity contribution is 0.119. The third kappa shape index (κ3) is 2.25. The molecular formula is C15H22N2O. The van der Waals surface area contributed by atoms with Gasteiger partial charge >= 0.3 is 0 Å². The monoisotopic (exact) mass is 246 g/mol. The summed E-state index contributed by atoms with van der Waals surface area (Å²) in [6.07, 6.45) is 5.05. The summed E-state index contributed by atoms with van der Waals surface area (Å²) in [4.78, 5) is 2.61. The van der Waals surface area contributed by atoms with Crippen LogP contribution in [0.5, 0.6) is 5.75 Å². The van der Waals surface area contributed by atoms with E-state index >= 15 is 0 Å². The third-order valence-electron chi connectivity index (χ3n) is 4.17. The minimum atomic E-state index is 0.256. The highest BCUT2D eigenvalue weighted by Crippen LogP contribution is 2.39. The molecule has 0 amide bonds. The molecule has 0 aromatic heterocycles. The Hall–Kier alpha value is -1.06. The standard InChI is InChI=1S/C15H22N2O/c1-18-13-5-2-4-11(10-13)15-14(16)6-3-9-17(15)12-7-8-12/h2,4-5,10,12,14-15H,3,6-9,16H2,1H3. The van der Waals surface area contributed by atoms with Crippen molar-refractivity contribution in [1.82, 2.24) is 4.90 Å². The molecule has 1 aliphatic carbocycles. The highest BCUT2D eigenvalue weighted by atomic mass is 16.5. The Morgan fingerprint density at radius 2 is 2.11 bits per heavy atom. The van der Waals surface area contributed by atoms with E-state index in [-0.39, 0.29) is 6.04 Å². The summed E-state index contributed by atoms with van der Waals surface area (Å²) in [5.41, 5.74) is 7.69. The van der Waals surface area contributed by atoms with Crippen molar-refractivity contribution >= 4 is 0 Å². The van der Waals surface area contributed by atoms with Crippen LogP contribution in [-0.2, 0) is 0 Å². The normalized spacial score (nSPS) is 29.2. The van der Waals surface area contributed by atoms with Crippen LogP contribution in [-0.4, -0.2) is 30.6 Å². The molecule has 2 atom stereocenters. The number of rotatable bonds is 3. The minimum Gasteiger partial charge on any atom is -0.497 e. The first-order valence-electron chi connectivity index (χ1n) is 6.95. The van der Waals surface area contributed by atoms with E-state index in [1.54, 1.807) is 7.11 Å². The van der Waals surface area contributed by atoms with Gasteiger partial charge in [-0.1, -0.05) is 12.1 Å². The summed E-state index contributed by atoms with van der Waals surface area (Å²) in [7, 11) is 1.72. The van der Waals surface area contributed by atoms with E-state index in [0.717, 1.165) is 18.2 Å². The predicted octanol–water partition coefficient (Wildman–Crippen LogP) is 2.32. The van der Waals surface area contributed by atoms with Crippen LogP contribution in [0.2, 0.25) is 0 Å². The van der Waals surface area contributed by atoms with Crippen molar-refractivity contribution in [3.63, 3.8) is 0 Å². The van der Waals surface area contributed by atoms with E-state index in [2.05, 4.69) is 23.1 Å². The zero-order chi connectivity index (χ0) is 12.5. The van der Waals surface area contributed by atoms with Gasteiger partial charge in [0.05, 0.1) is 13.2 Å². The number of nitrogens with zero attached hydrogens (tertiary/aromatic N) is 1. The molecule has 1 heterocycles. The second-order valence-electron chi connectivity index (χ2n) is 5.50. The molecule has 18 heavy (non-hydrogen) atoms. The van der Waals surface area contributed by atoms with Crippen LogP contribution in [0, 0.1) is 0 Å². The van der Waals surface area contributed by atoms with Gasteiger partial charge in [-0.2, -0.15) is 0 Å². The van der Waals surface area contributed by atoms with E-state index in [1.807, 2.05) is 6.07 Å². The Kier molecular flexibility index (Phi) is 3.27. The van der Waals surface area contributed by atoms with E-state index < -0.39 is 0 Å². The van der Waals surface area contributed by atoms with Gasteiger partial charge in [-0.25, -0.2) is 0 Å². The molecule has 0 spiro atoms. The van der Waals surface area contributed by atoms with E-state index in [9.17, 15) is 0 Å². The Balaban J connectivity index is 1.89. The Bertz CT molecular complexity index is 417. The fourth-order valence-electron chi connectivity index (χ4n) is 3.13. The van der Waals surface area contributed by atoms with Crippen LogP contribution in [0.4, 0.5) is 0 Å². The van der Waals surface area contributed by atoms with Gasteiger partial charge in [0.25, 0.3) is 0 Å². The van der Waals surface area contributed by atoms with Gasteiger partial charge in [-0.3, -0.25) is 4.90 Å². The first kappa shape index (κ1) is 12.0. The topological polar surface area (TPSA) is 38.5 Å². The maximum atomic E-state index is 6.38. The van der Waals surface area contributed by atoms with Crippen LogP contribution >= 0.6 is 0 Å². The molecule has 98 valence electrons. The van der Waals surface area contributed by atoms with Crippen molar-refractivity contribution < 1.29 is 4.74 Å². The first-order valence-corrected chi connectivity index (χ1v) is 6.95. The summed E-state index contributed by atoms with van der Waals surface area (Å²) >= 11 is 0. The first-order chi connectivity index (χ1) is 8.79. The molecule has 1 aromatic rings. The highest BCUT2D eigenvalue weighted by Gasteiger charge is 2.39. The number of hydrogen-bond acceptors (Lipinski definition) is 3. The summed E-state index contributed by atoms with van der Waals surface area (Å²) in [5, 5.41) is 0. The summed E-state index contributed by atoms with van der Waals surface area (Å²) in [6.45, 7) is 1.19. The maximum Gasteiger partial charge on any atom is 0.119 e. The number of hydrogen-bond donors (Lipinski definition) is 1. The maximum absolute atomic E-state index is 6.38. The smallest absolute Gasteiger partial charge is 0.119 e. The second kappa shape index (κ2) is 4.90. The third-order valence-corrected chi connectivity index (χ3v) is 4.17. The Labute approximate surface area is 109 Å². The van der Waals surface area contributed by atoms with Crippen molar-refractivity contribution in [1.29, 1.82) is 0 Å². The Morgan fingerprint density at radius 1 is 1.28 bits per heavy atom. The average Bonchev–Trinajstić information content (AvgIpc) is 3.23. The Morgan fingerprint density at radius 3 is 2.83 bits per heavy atom. The number of piperidine rings is 1. The largest absolute Gasteiger partial charge is 0.497 e. The van der Waals surface area contributed by atoms with Gasteiger partial charge in [-0.15, -0.1) is 0 Å². The summed E-state index contributed by atoms with van der Waals surface area (Å²) in [5.74, 6) is 0.932. The molecule has 1 aliphatic heterocycles. The van der Waals surface area contributed by atoms with Crippen molar-refractivity contribution in [2.75, 3.05) is 13.7 Å². The van der Waals surface area contributed by atoms with Gasteiger partial charge in [-0.05, 0) is 49.9 Å². The summed E-state index contributed by atoms with van der Waals surface area (Å²) < 4.78 is 5.33. The van der Waals surface area contributed by atoms with E-state index in [1.165, 1.54) is 31.4 Å². The van der Waals surface area contributed by atoms with Crippen LogP contribution in [0.25, 0.3) is 0 Å². The van der Waals surface area contributed by atoms with Crippen molar-refractivity contribution in [2.24, 2.45) is 5.73 Å². The zero-order valence-corrected chi connectivity index (χ0v) is 11.0. The molecule has 3 rings (SSSR count). The molecule has 1 saturated carbocycles. The van der Waals surface area contributed by atoms with Crippen LogP contribution in [0.1, 0.15) is 37.3 Å². The molecule has 2 aliphatic rings. The molecule has 3 nitrogen and oxygen atoms in total. The zero-order valence-electron chi connectivity index (χ0n) is 11.0. The van der Waals surface area contributed by atoms with Gasteiger partial charge in [0.15, 0.2) is 0 Å². The van der Waals surface area contributed by atoms with Crippen molar-refractivity contribution in [3.05, 3.63) is 29.8 Å². The molecule has 0 bridgehead atoms. The van der Waals surface area contributed by atoms with Gasteiger partial charge < -0.3 is 10.5 Å². The fraction of sp³-hybridized carbons (Fsp3) is 0.600. The molecule has 3 heteroatoms. The molecule has 1 aromatic carbocycles. The van der Waals surface area contributed by atoms with Gasteiger partial charge in [0.2, 0.25) is 0 Å². The SMILES string of the molecule is COc1cccc(C2C(N)CCCN2C2CC2)c1. The lowest BCUT2D eigenvalue weighted by Crippen LogP contribution is -2.46. The van der Waals surface area contributed by atoms with Crippen molar-refractivity contribution in [3.8, 4) is 5.75 Å². The van der Waals surface area contributed by atoms with Crippen LogP contribution in [0.15, 0.2) is 24.3 Å². The lowest BCUT2D eigenvalue weighted by Gasteiger charge is -2.40. The minimum absolute atomic E-state index is 0.256. The molecule has 2 fully saturated rings. The van der Waals surface area contributed by atoms with Gasteiger partial charge in [0.1, 0.15) is 5.75 Å². The fourth-order valence-corrected chi connectivity index (χ4v) is 3.13. The van der Waals surface area contributed by atoms with Gasteiger partial charge in [0, 0.05) is 12.1 Å². The summed E-state index contributed by atoms with van der Waals surface area (Å²) in [6, 6.07) is 9.80.